The van der Waals surface area contributed by atoms with Gasteiger partial charge in [-0.05, 0) is 41.8 Å². The van der Waals surface area contributed by atoms with Gasteiger partial charge in [0.25, 0.3) is 0 Å². The molecule has 0 saturated carbocycles. The maximum Gasteiger partial charge on any atom is 0.234 e. The van der Waals surface area contributed by atoms with Crippen molar-refractivity contribution in [3.8, 4) is 5.75 Å². The van der Waals surface area contributed by atoms with Gasteiger partial charge in [-0.1, -0.05) is 66.0 Å². The molecule has 3 aromatic rings. The van der Waals surface area contributed by atoms with Crippen molar-refractivity contribution < 1.29 is 9.53 Å². The van der Waals surface area contributed by atoms with Crippen LogP contribution in [-0.2, 0) is 17.0 Å². The predicted molar refractivity (Wildman–Crippen MR) is 118 cm³/mol. The van der Waals surface area contributed by atoms with E-state index in [1.165, 1.54) is 34.2 Å². The molecule has 0 saturated heterocycles. The van der Waals surface area contributed by atoms with E-state index in [-0.39, 0.29) is 5.91 Å². The van der Waals surface area contributed by atoms with Crippen LogP contribution >= 0.6 is 34.9 Å². The summed E-state index contributed by atoms with van der Waals surface area (Å²) in [5.41, 5.74) is 3.26. The Morgan fingerprint density at radius 3 is 2.29 bits per heavy atom. The van der Waals surface area contributed by atoms with Crippen LogP contribution in [0, 0.1) is 0 Å². The van der Waals surface area contributed by atoms with E-state index in [9.17, 15) is 4.79 Å². The van der Waals surface area contributed by atoms with Gasteiger partial charge in [0.1, 0.15) is 5.75 Å². The van der Waals surface area contributed by atoms with Crippen LogP contribution in [0.5, 0.6) is 5.75 Å². The van der Waals surface area contributed by atoms with Crippen molar-refractivity contribution in [2.24, 2.45) is 0 Å². The van der Waals surface area contributed by atoms with Crippen LogP contribution in [0.4, 0.5) is 5.69 Å². The number of methoxy groups -OCH3 is 1. The van der Waals surface area contributed by atoms with E-state index < -0.39 is 0 Å². The third kappa shape index (κ3) is 6.25. The van der Waals surface area contributed by atoms with Gasteiger partial charge in [-0.3, -0.25) is 4.79 Å². The number of hydrogen-bond donors (Lipinski definition) is 1. The lowest BCUT2D eigenvalue weighted by atomic mass is 10.1. The number of rotatable bonds is 9. The molecule has 0 radical (unpaired) electrons. The van der Waals surface area contributed by atoms with Gasteiger partial charge in [0.05, 0.1) is 12.9 Å². The second kappa shape index (κ2) is 10.5. The summed E-state index contributed by atoms with van der Waals surface area (Å²) in [6.07, 6.45) is 0.986. The predicted octanol–water partition coefficient (Wildman–Crippen LogP) is 5.13. The number of ether oxygens (including phenoxy) is 1. The minimum atomic E-state index is -0.0446. The van der Waals surface area contributed by atoms with E-state index in [1.54, 1.807) is 18.9 Å². The number of nitrogens with zero attached hydrogens (tertiary/aromatic N) is 2. The monoisotopic (exact) mass is 431 g/mol. The summed E-state index contributed by atoms with van der Waals surface area (Å²) in [7, 11) is 1.66. The van der Waals surface area contributed by atoms with Gasteiger partial charge >= 0.3 is 0 Å². The number of benzene rings is 2. The summed E-state index contributed by atoms with van der Waals surface area (Å²) >= 11 is 4.56. The summed E-state index contributed by atoms with van der Waals surface area (Å²) in [5, 5.41) is 11.3. The van der Waals surface area contributed by atoms with Gasteiger partial charge in [0.15, 0.2) is 8.68 Å². The highest BCUT2D eigenvalue weighted by molar-refractivity contribution is 8.03. The van der Waals surface area contributed by atoms with Crippen molar-refractivity contribution >= 4 is 46.5 Å². The number of hydrogen-bond acceptors (Lipinski definition) is 7. The topological polar surface area (TPSA) is 64.1 Å². The van der Waals surface area contributed by atoms with Crippen LogP contribution in [0.25, 0.3) is 0 Å². The molecule has 0 spiro atoms. The molecule has 1 aromatic heterocycles. The number of amides is 1. The van der Waals surface area contributed by atoms with Gasteiger partial charge in [-0.15, -0.1) is 10.2 Å². The van der Waals surface area contributed by atoms with Crippen LogP contribution < -0.4 is 10.1 Å². The summed E-state index contributed by atoms with van der Waals surface area (Å²) in [6, 6.07) is 15.9. The second-order valence-electron chi connectivity index (χ2n) is 5.86. The standard InChI is InChI=1S/C20H21N3O2S3/c1-3-14-4-8-16(9-5-14)21-18(24)13-27-20-23-22-19(28-20)26-12-15-6-10-17(25-2)11-7-15/h4-11H,3,12-13H2,1-2H3,(H,21,24). The number of anilines is 1. The Labute approximate surface area is 177 Å². The molecule has 0 aliphatic rings. The molecule has 0 unspecified atom stereocenters. The molecule has 146 valence electrons. The second-order valence-corrected chi connectivity index (χ2v) is 9.28. The van der Waals surface area contributed by atoms with E-state index in [0.29, 0.717) is 5.75 Å². The van der Waals surface area contributed by atoms with E-state index >= 15 is 0 Å². The average molecular weight is 432 g/mol. The Morgan fingerprint density at radius 2 is 1.64 bits per heavy atom. The molecule has 2 aromatic carbocycles. The van der Waals surface area contributed by atoms with Gasteiger partial charge < -0.3 is 10.1 Å². The highest BCUT2D eigenvalue weighted by Gasteiger charge is 2.09. The van der Waals surface area contributed by atoms with Crippen LogP contribution in [0.1, 0.15) is 18.1 Å². The SMILES string of the molecule is CCc1ccc(NC(=O)CSc2nnc(SCc3ccc(OC)cc3)s2)cc1. The molecule has 8 heteroatoms. The van der Waals surface area contributed by atoms with Crippen molar-refractivity contribution in [1.29, 1.82) is 0 Å². The summed E-state index contributed by atoms with van der Waals surface area (Å²) < 4.78 is 6.86. The van der Waals surface area contributed by atoms with Crippen molar-refractivity contribution in [2.45, 2.75) is 27.8 Å². The van der Waals surface area contributed by atoms with E-state index in [0.717, 1.165) is 32.3 Å². The lowest BCUT2D eigenvalue weighted by Crippen LogP contribution is -2.13. The molecule has 0 aliphatic carbocycles. The van der Waals surface area contributed by atoms with Crippen molar-refractivity contribution in [2.75, 3.05) is 18.2 Å². The highest BCUT2D eigenvalue weighted by atomic mass is 32.2. The first-order valence-corrected chi connectivity index (χ1v) is 11.6. The number of nitrogens with one attached hydrogen (secondary N) is 1. The largest absolute Gasteiger partial charge is 0.497 e. The summed E-state index contributed by atoms with van der Waals surface area (Å²) in [5.74, 6) is 1.94. The zero-order valence-electron chi connectivity index (χ0n) is 15.7. The average Bonchev–Trinajstić information content (AvgIpc) is 3.19. The first-order chi connectivity index (χ1) is 13.7. The summed E-state index contributed by atoms with van der Waals surface area (Å²) in [6.45, 7) is 2.11. The molecule has 1 heterocycles. The molecule has 0 fully saturated rings. The van der Waals surface area contributed by atoms with Crippen LogP contribution in [0.15, 0.2) is 57.2 Å². The van der Waals surface area contributed by atoms with Crippen LogP contribution in [-0.4, -0.2) is 29.0 Å². The van der Waals surface area contributed by atoms with Gasteiger partial charge in [0.2, 0.25) is 5.91 Å². The van der Waals surface area contributed by atoms with E-state index in [2.05, 4.69) is 22.4 Å². The van der Waals surface area contributed by atoms with Gasteiger partial charge in [-0.2, -0.15) is 0 Å². The number of aromatic nitrogens is 2. The molecule has 28 heavy (non-hydrogen) atoms. The Balaban J connectivity index is 1.43. The third-order valence-electron chi connectivity index (χ3n) is 3.88. The lowest BCUT2D eigenvalue weighted by molar-refractivity contribution is -0.113. The maximum atomic E-state index is 12.1. The fourth-order valence-corrected chi connectivity index (χ4v) is 5.10. The molecule has 5 nitrogen and oxygen atoms in total. The fourth-order valence-electron chi connectivity index (χ4n) is 2.33. The molecule has 1 amide bonds. The number of thioether (sulfide) groups is 2. The quantitative estimate of drug-likeness (QED) is 0.474. The van der Waals surface area contributed by atoms with E-state index in [1.807, 2.05) is 48.5 Å². The first kappa shape index (κ1) is 20.7. The zero-order valence-corrected chi connectivity index (χ0v) is 18.1. The Morgan fingerprint density at radius 1 is 1.00 bits per heavy atom. The minimum Gasteiger partial charge on any atom is -0.497 e. The number of carbonyl (C=O) groups excluding carboxylic acids is 1. The molecule has 0 atom stereocenters. The maximum absolute atomic E-state index is 12.1. The van der Waals surface area contributed by atoms with Gasteiger partial charge in [0, 0.05) is 11.4 Å². The molecule has 0 aliphatic heterocycles. The minimum absolute atomic E-state index is 0.0446. The number of carbonyl (C=O) groups is 1. The normalized spacial score (nSPS) is 10.6. The smallest absolute Gasteiger partial charge is 0.234 e. The van der Waals surface area contributed by atoms with Crippen molar-refractivity contribution in [3.63, 3.8) is 0 Å². The van der Waals surface area contributed by atoms with Crippen molar-refractivity contribution in [1.82, 2.24) is 10.2 Å². The first-order valence-electron chi connectivity index (χ1n) is 8.77. The van der Waals surface area contributed by atoms with Gasteiger partial charge in [-0.25, -0.2) is 0 Å². The van der Waals surface area contributed by atoms with Crippen LogP contribution in [0.3, 0.4) is 0 Å². The Kier molecular flexibility index (Phi) is 7.76. The molecular weight excluding hydrogens is 410 g/mol. The summed E-state index contributed by atoms with van der Waals surface area (Å²) in [4.78, 5) is 12.1. The Bertz CT molecular complexity index is 896. The molecule has 1 N–H and O–H groups in total. The number of aryl methyl sites for hydroxylation is 1. The fraction of sp³-hybridized carbons (Fsp3) is 0.250. The third-order valence-corrected chi connectivity index (χ3v) is 7.14. The zero-order chi connectivity index (χ0) is 19.8. The van der Waals surface area contributed by atoms with Crippen LogP contribution in [0.2, 0.25) is 0 Å². The van der Waals surface area contributed by atoms with Crippen molar-refractivity contribution in [3.05, 3.63) is 59.7 Å². The molecule has 3 rings (SSSR count). The molecular formula is C20H21N3O2S3. The lowest BCUT2D eigenvalue weighted by Gasteiger charge is -2.05. The molecule has 0 bridgehead atoms. The van der Waals surface area contributed by atoms with E-state index in [4.69, 9.17) is 4.74 Å². The highest BCUT2D eigenvalue weighted by Crippen LogP contribution is 2.31. The Hall–Kier alpha value is -2.03.